The number of aromatic nitrogens is 3. The van der Waals surface area contributed by atoms with Crippen LogP contribution in [0, 0.1) is 12.3 Å². The number of hydrogen-bond donors (Lipinski definition) is 4. The standard InChI is InChI=1S/C17H20N8O/c1-8-7-21-25(3)15(8)11-5-4-10(23-16(11)20)6-12-9(2)22-17(24-26)14(19)13(12)18/h4-5,7,19,26H,6,18H2,1-3H3,(H2,20,23)/b19-14?,24-17+. The average molecular weight is 352 g/mol. The smallest absolute Gasteiger partial charge is 0.218 e. The molecule has 0 amide bonds. The van der Waals surface area contributed by atoms with Gasteiger partial charge in [-0.2, -0.15) is 5.10 Å². The summed E-state index contributed by atoms with van der Waals surface area (Å²) in [5, 5.41) is 24.0. The fraction of sp³-hybridized carbons (Fsp3) is 0.235. The molecule has 2 aromatic rings. The van der Waals surface area contributed by atoms with Gasteiger partial charge in [-0.3, -0.25) is 10.1 Å². The number of nitrogens with one attached hydrogen (secondary N) is 1. The molecule has 0 saturated carbocycles. The van der Waals surface area contributed by atoms with Gasteiger partial charge < -0.3 is 16.7 Å². The predicted octanol–water partition coefficient (Wildman–Crippen LogP) is 1.41. The van der Waals surface area contributed by atoms with Crippen molar-refractivity contribution in [2.24, 2.45) is 22.9 Å². The van der Waals surface area contributed by atoms with E-state index < -0.39 is 0 Å². The van der Waals surface area contributed by atoms with Crippen LogP contribution in [0.25, 0.3) is 11.3 Å². The highest BCUT2D eigenvalue weighted by molar-refractivity contribution is 6.50. The molecule has 0 bridgehead atoms. The van der Waals surface area contributed by atoms with Crippen molar-refractivity contribution in [1.29, 1.82) is 5.41 Å². The first-order chi connectivity index (χ1) is 12.3. The molecular formula is C17H20N8O. The summed E-state index contributed by atoms with van der Waals surface area (Å²) in [6.07, 6.45) is 2.15. The van der Waals surface area contributed by atoms with Crippen LogP contribution in [0.3, 0.4) is 0 Å². The normalized spacial score (nSPS) is 16.3. The Morgan fingerprint density at radius 1 is 1.27 bits per heavy atom. The van der Waals surface area contributed by atoms with Crippen molar-refractivity contribution in [3.63, 3.8) is 0 Å². The summed E-state index contributed by atoms with van der Waals surface area (Å²) in [5.41, 5.74) is 17.0. The summed E-state index contributed by atoms with van der Waals surface area (Å²) < 4.78 is 1.76. The molecule has 0 unspecified atom stereocenters. The number of amidine groups is 1. The van der Waals surface area contributed by atoms with Crippen LogP contribution in [-0.4, -0.2) is 37.2 Å². The lowest BCUT2D eigenvalue weighted by atomic mass is 9.97. The third-order valence-electron chi connectivity index (χ3n) is 4.34. The Morgan fingerprint density at radius 2 is 2.00 bits per heavy atom. The molecule has 2 aromatic heterocycles. The van der Waals surface area contributed by atoms with E-state index in [4.69, 9.17) is 22.1 Å². The van der Waals surface area contributed by atoms with E-state index in [2.05, 4.69) is 20.2 Å². The molecule has 0 aromatic carbocycles. The van der Waals surface area contributed by atoms with E-state index in [1.54, 1.807) is 17.8 Å². The van der Waals surface area contributed by atoms with Gasteiger partial charge in [-0.1, -0.05) is 5.16 Å². The highest BCUT2D eigenvalue weighted by atomic mass is 16.4. The maximum absolute atomic E-state index is 8.90. The van der Waals surface area contributed by atoms with Crippen LogP contribution in [0.15, 0.2) is 39.7 Å². The fourth-order valence-electron chi connectivity index (χ4n) is 2.97. The van der Waals surface area contributed by atoms with Crippen molar-refractivity contribution in [1.82, 2.24) is 14.8 Å². The maximum atomic E-state index is 8.90. The van der Waals surface area contributed by atoms with Crippen LogP contribution in [0.4, 0.5) is 5.82 Å². The molecule has 9 nitrogen and oxygen atoms in total. The molecule has 0 aliphatic carbocycles. The lowest BCUT2D eigenvalue weighted by Crippen LogP contribution is -2.29. The van der Waals surface area contributed by atoms with Gasteiger partial charge in [-0.05, 0) is 31.5 Å². The van der Waals surface area contributed by atoms with E-state index in [-0.39, 0.29) is 17.2 Å². The Hall–Kier alpha value is -3.49. The second-order valence-corrected chi connectivity index (χ2v) is 6.10. The molecular weight excluding hydrogens is 332 g/mol. The van der Waals surface area contributed by atoms with Gasteiger partial charge >= 0.3 is 0 Å². The Morgan fingerprint density at radius 3 is 2.58 bits per heavy atom. The van der Waals surface area contributed by atoms with Crippen LogP contribution >= 0.6 is 0 Å². The van der Waals surface area contributed by atoms with Gasteiger partial charge in [-0.15, -0.1) is 0 Å². The number of nitrogens with two attached hydrogens (primary N) is 2. The van der Waals surface area contributed by atoms with Gasteiger partial charge in [0.2, 0.25) is 5.84 Å². The van der Waals surface area contributed by atoms with Gasteiger partial charge in [0.05, 0.1) is 17.6 Å². The predicted molar refractivity (Wildman–Crippen MR) is 101 cm³/mol. The van der Waals surface area contributed by atoms with Gasteiger partial charge in [0.25, 0.3) is 0 Å². The third-order valence-corrected chi connectivity index (χ3v) is 4.34. The largest absolute Gasteiger partial charge is 0.409 e. The lowest BCUT2D eigenvalue weighted by molar-refractivity contribution is 0.319. The topological polar surface area (TPSA) is 152 Å². The van der Waals surface area contributed by atoms with E-state index in [1.165, 1.54) is 0 Å². The van der Waals surface area contributed by atoms with Crippen molar-refractivity contribution in [2.75, 3.05) is 5.73 Å². The molecule has 6 N–H and O–H groups in total. The molecule has 0 fully saturated rings. The molecule has 3 rings (SSSR count). The Balaban J connectivity index is 1.95. The van der Waals surface area contributed by atoms with E-state index in [9.17, 15) is 0 Å². The van der Waals surface area contributed by atoms with Crippen LogP contribution in [-0.2, 0) is 13.5 Å². The minimum absolute atomic E-state index is 0.0988. The first kappa shape index (κ1) is 17.3. The molecule has 9 heteroatoms. The van der Waals surface area contributed by atoms with E-state index >= 15 is 0 Å². The number of dihydropyridines is 1. The number of nitrogens with zero attached hydrogens (tertiary/aromatic N) is 5. The van der Waals surface area contributed by atoms with Crippen molar-refractivity contribution >= 4 is 23.1 Å². The number of hydrogen-bond acceptors (Lipinski definition) is 7. The molecule has 0 spiro atoms. The molecule has 0 atom stereocenters. The number of aliphatic imine (C=N–C) groups is 1. The second-order valence-electron chi connectivity index (χ2n) is 6.10. The van der Waals surface area contributed by atoms with Crippen LogP contribution in [0.1, 0.15) is 18.2 Å². The van der Waals surface area contributed by atoms with Crippen LogP contribution in [0.5, 0.6) is 0 Å². The molecule has 0 radical (unpaired) electrons. The number of nitrogen functional groups attached to an aromatic ring is 1. The molecule has 1 aliphatic heterocycles. The van der Waals surface area contributed by atoms with Gasteiger partial charge in [-0.25, -0.2) is 9.98 Å². The highest BCUT2D eigenvalue weighted by Crippen LogP contribution is 2.28. The fourth-order valence-corrected chi connectivity index (χ4v) is 2.97. The van der Waals surface area contributed by atoms with E-state index in [1.807, 2.05) is 26.1 Å². The number of aryl methyl sites for hydroxylation is 2. The summed E-state index contributed by atoms with van der Waals surface area (Å²) >= 11 is 0. The van der Waals surface area contributed by atoms with Crippen molar-refractivity contribution in [3.8, 4) is 11.3 Å². The maximum Gasteiger partial charge on any atom is 0.218 e. The van der Waals surface area contributed by atoms with E-state index in [0.29, 0.717) is 29.2 Å². The van der Waals surface area contributed by atoms with Crippen molar-refractivity contribution in [2.45, 2.75) is 20.3 Å². The number of pyridine rings is 1. The summed E-state index contributed by atoms with van der Waals surface area (Å²) in [5.74, 6) is 0.296. The lowest BCUT2D eigenvalue weighted by Gasteiger charge is -2.17. The van der Waals surface area contributed by atoms with Crippen molar-refractivity contribution < 1.29 is 5.21 Å². The minimum atomic E-state index is -0.108. The Bertz CT molecular complexity index is 977. The van der Waals surface area contributed by atoms with Crippen molar-refractivity contribution in [3.05, 3.63) is 40.9 Å². The third kappa shape index (κ3) is 2.83. The number of anilines is 1. The average Bonchev–Trinajstić information content (AvgIpc) is 2.94. The number of allylic oxidation sites excluding steroid dienone is 1. The zero-order chi connectivity index (χ0) is 19.0. The quantitative estimate of drug-likeness (QED) is 0.486. The van der Waals surface area contributed by atoms with Gasteiger partial charge in [0.1, 0.15) is 11.5 Å². The first-order valence-electron chi connectivity index (χ1n) is 7.93. The van der Waals surface area contributed by atoms with Gasteiger partial charge in [0, 0.05) is 36.0 Å². The summed E-state index contributed by atoms with van der Waals surface area (Å²) in [4.78, 5) is 8.58. The molecule has 0 saturated heterocycles. The summed E-state index contributed by atoms with van der Waals surface area (Å²) in [6.45, 7) is 3.71. The second kappa shape index (κ2) is 6.43. The number of oxime groups is 1. The molecule has 26 heavy (non-hydrogen) atoms. The van der Waals surface area contributed by atoms with Crippen LogP contribution in [0.2, 0.25) is 0 Å². The SMILES string of the molecule is CC1=N/C(=N/O)C(=N)C(N)=C1Cc1ccc(-c2c(C)cnn2C)c(N)n1. The molecule has 3 heterocycles. The molecule has 134 valence electrons. The Labute approximate surface area is 150 Å². The monoisotopic (exact) mass is 352 g/mol. The zero-order valence-corrected chi connectivity index (χ0v) is 14.8. The first-order valence-corrected chi connectivity index (χ1v) is 7.93. The van der Waals surface area contributed by atoms with E-state index in [0.717, 1.165) is 16.8 Å². The zero-order valence-electron chi connectivity index (χ0n) is 14.8. The summed E-state index contributed by atoms with van der Waals surface area (Å²) in [7, 11) is 1.86. The van der Waals surface area contributed by atoms with Crippen LogP contribution < -0.4 is 11.5 Å². The highest BCUT2D eigenvalue weighted by Gasteiger charge is 2.23. The minimum Gasteiger partial charge on any atom is -0.409 e. The number of rotatable bonds is 3. The molecule has 1 aliphatic rings. The Kier molecular flexibility index (Phi) is 4.29. The van der Waals surface area contributed by atoms with Gasteiger partial charge in [0.15, 0.2) is 0 Å². The summed E-state index contributed by atoms with van der Waals surface area (Å²) in [6, 6.07) is 3.77.